The van der Waals surface area contributed by atoms with Crippen LogP contribution in [0.15, 0.2) is 53.4 Å². The first-order valence-electron chi connectivity index (χ1n) is 10.6. The van der Waals surface area contributed by atoms with Crippen molar-refractivity contribution < 1.29 is 0 Å². The van der Waals surface area contributed by atoms with E-state index in [9.17, 15) is 0 Å². The highest BCUT2D eigenvalue weighted by Gasteiger charge is 2.20. The maximum Gasteiger partial charge on any atom is 0.0494 e. The van der Waals surface area contributed by atoms with Gasteiger partial charge in [-0.05, 0) is 50.4 Å². The van der Waals surface area contributed by atoms with Crippen LogP contribution in [0.1, 0.15) is 67.7 Å². The Kier molecular flexibility index (Phi) is 7.84. The molecule has 0 N–H and O–H groups in total. The molecule has 0 aliphatic heterocycles. The summed E-state index contributed by atoms with van der Waals surface area (Å²) in [5, 5.41) is 0. The van der Waals surface area contributed by atoms with E-state index in [4.69, 9.17) is 0 Å². The van der Waals surface area contributed by atoms with Gasteiger partial charge < -0.3 is 0 Å². The van der Waals surface area contributed by atoms with E-state index >= 15 is 0 Å². The zero-order valence-electron chi connectivity index (χ0n) is 17.3. The van der Waals surface area contributed by atoms with E-state index < -0.39 is 0 Å². The van der Waals surface area contributed by atoms with E-state index in [1.54, 1.807) is 0 Å². The number of benzene rings is 2. The van der Waals surface area contributed by atoms with Crippen molar-refractivity contribution in [1.82, 2.24) is 4.90 Å². The van der Waals surface area contributed by atoms with E-state index in [2.05, 4.69) is 74.3 Å². The van der Waals surface area contributed by atoms with Crippen LogP contribution >= 0.6 is 11.8 Å². The number of hydrogen-bond acceptors (Lipinski definition) is 2. The second-order valence-corrected chi connectivity index (χ2v) is 9.29. The number of rotatable bonds is 9. The van der Waals surface area contributed by atoms with Crippen LogP contribution in [-0.2, 0) is 0 Å². The van der Waals surface area contributed by atoms with E-state index in [1.807, 2.05) is 11.8 Å². The SMILES string of the molecule is Cc1ccc(C(CCCC2CCCC2)N(C)CSc2ccccc2C)cc1. The molecule has 27 heavy (non-hydrogen) atoms. The summed E-state index contributed by atoms with van der Waals surface area (Å²) in [5.74, 6) is 2.03. The lowest BCUT2D eigenvalue weighted by Crippen LogP contribution is -2.24. The van der Waals surface area contributed by atoms with E-state index in [0.29, 0.717) is 6.04 Å². The second kappa shape index (κ2) is 10.3. The van der Waals surface area contributed by atoms with Crippen LogP contribution in [0.5, 0.6) is 0 Å². The lowest BCUT2D eigenvalue weighted by Gasteiger charge is -2.29. The normalized spacial score (nSPS) is 16.1. The van der Waals surface area contributed by atoms with Crippen molar-refractivity contribution >= 4 is 11.8 Å². The molecule has 0 spiro atoms. The molecule has 1 atom stereocenters. The number of aryl methyl sites for hydroxylation is 2. The summed E-state index contributed by atoms with van der Waals surface area (Å²) in [6, 6.07) is 18.5. The molecular formula is C25H35NS. The van der Waals surface area contributed by atoms with Gasteiger partial charge in [0.25, 0.3) is 0 Å². The second-order valence-electron chi connectivity index (χ2n) is 8.30. The number of nitrogens with zero attached hydrogens (tertiary/aromatic N) is 1. The first-order valence-corrected chi connectivity index (χ1v) is 11.6. The van der Waals surface area contributed by atoms with Gasteiger partial charge in [0.2, 0.25) is 0 Å². The summed E-state index contributed by atoms with van der Waals surface area (Å²) in [5.41, 5.74) is 4.20. The molecule has 0 aromatic heterocycles. The maximum atomic E-state index is 2.55. The fraction of sp³-hybridized carbons (Fsp3) is 0.520. The Morgan fingerprint density at radius 2 is 1.70 bits per heavy atom. The largest absolute Gasteiger partial charge is 0.290 e. The highest BCUT2D eigenvalue weighted by molar-refractivity contribution is 7.99. The Balaban J connectivity index is 1.62. The standard InChI is InChI=1S/C25H35NS/c1-20-15-17-23(18-16-20)24(13-8-12-22-10-5-6-11-22)26(3)19-27-25-14-7-4-9-21(25)2/h4,7,9,14-18,22,24H,5-6,8,10-13,19H2,1-3H3. The van der Waals surface area contributed by atoms with Gasteiger partial charge in [0.15, 0.2) is 0 Å². The molecule has 0 bridgehead atoms. The van der Waals surface area contributed by atoms with Crippen molar-refractivity contribution in [3.63, 3.8) is 0 Å². The van der Waals surface area contributed by atoms with Gasteiger partial charge >= 0.3 is 0 Å². The van der Waals surface area contributed by atoms with Gasteiger partial charge in [-0.3, -0.25) is 4.90 Å². The average molecular weight is 382 g/mol. The molecule has 1 fully saturated rings. The van der Waals surface area contributed by atoms with Gasteiger partial charge in [-0.25, -0.2) is 0 Å². The van der Waals surface area contributed by atoms with Crippen molar-refractivity contribution in [2.75, 3.05) is 12.9 Å². The van der Waals surface area contributed by atoms with Gasteiger partial charge in [0.1, 0.15) is 0 Å². The summed E-state index contributed by atoms with van der Waals surface area (Å²) in [4.78, 5) is 3.95. The van der Waals surface area contributed by atoms with Crippen molar-refractivity contribution in [2.45, 2.75) is 69.7 Å². The molecule has 1 unspecified atom stereocenters. The van der Waals surface area contributed by atoms with Crippen LogP contribution < -0.4 is 0 Å². The smallest absolute Gasteiger partial charge is 0.0494 e. The Bertz CT molecular complexity index is 688. The highest BCUT2D eigenvalue weighted by Crippen LogP contribution is 2.33. The molecule has 2 aromatic rings. The molecule has 2 heteroatoms. The summed E-state index contributed by atoms with van der Waals surface area (Å²) in [6.07, 6.45) is 9.88. The minimum absolute atomic E-state index is 0.517. The molecular weight excluding hydrogens is 346 g/mol. The summed E-state index contributed by atoms with van der Waals surface area (Å²) >= 11 is 1.97. The van der Waals surface area contributed by atoms with Crippen molar-refractivity contribution in [2.24, 2.45) is 5.92 Å². The van der Waals surface area contributed by atoms with Gasteiger partial charge in [-0.2, -0.15) is 0 Å². The summed E-state index contributed by atoms with van der Waals surface area (Å²) < 4.78 is 0. The summed E-state index contributed by atoms with van der Waals surface area (Å²) in [7, 11) is 2.30. The van der Waals surface area contributed by atoms with Gasteiger partial charge in [0.05, 0.1) is 0 Å². The topological polar surface area (TPSA) is 3.24 Å². The third kappa shape index (κ3) is 6.12. The molecule has 0 amide bonds. The number of hydrogen-bond donors (Lipinski definition) is 0. The molecule has 146 valence electrons. The third-order valence-electron chi connectivity index (χ3n) is 6.08. The predicted octanol–water partition coefficient (Wildman–Crippen LogP) is 7.39. The quantitative estimate of drug-likeness (QED) is 0.329. The molecule has 1 aliphatic rings. The van der Waals surface area contributed by atoms with Crippen molar-refractivity contribution in [3.05, 3.63) is 65.2 Å². The highest BCUT2D eigenvalue weighted by atomic mass is 32.2. The van der Waals surface area contributed by atoms with Crippen LogP contribution in [0.2, 0.25) is 0 Å². The fourth-order valence-electron chi connectivity index (χ4n) is 4.31. The van der Waals surface area contributed by atoms with Crippen LogP contribution in [0.25, 0.3) is 0 Å². The maximum absolute atomic E-state index is 2.55. The van der Waals surface area contributed by atoms with Crippen molar-refractivity contribution in [1.29, 1.82) is 0 Å². The molecule has 1 saturated carbocycles. The minimum Gasteiger partial charge on any atom is -0.290 e. The Morgan fingerprint density at radius 3 is 2.41 bits per heavy atom. The molecule has 3 rings (SSSR count). The zero-order chi connectivity index (χ0) is 19.1. The summed E-state index contributed by atoms with van der Waals surface area (Å²) in [6.45, 7) is 4.39. The molecule has 0 radical (unpaired) electrons. The Hall–Kier alpha value is -1.25. The van der Waals surface area contributed by atoms with E-state index in [0.717, 1.165) is 11.8 Å². The lowest BCUT2D eigenvalue weighted by atomic mass is 9.95. The molecule has 1 nitrogen and oxygen atoms in total. The minimum atomic E-state index is 0.517. The van der Waals surface area contributed by atoms with Gasteiger partial charge in [0, 0.05) is 16.8 Å². The number of thioether (sulfide) groups is 1. The van der Waals surface area contributed by atoms with Gasteiger partial charge in [-0.15, -0.1) is 11.8 Å². The van der Waals surface area contributed by atoms with E-state index in [1.165, 1.54) is 66.5 Å². The lowest BCUT2D eigenvalue weighted by molar-refractivity contribution is 0.261. The van der Waals surface area contributed by atoms with Crippen LogP contribution in [0, 0.1) is 19.8 Å². The first kappa shape index (κ1) is 20.5. The predicted molar refractivity (Wildman–Crippen MR) is 119 cm³/mol. The fourth-order valence-corrected chi connectivity index (χ4v) is 5.30. The molecule has 2 aromatic carbocycles. The molecule has 0 heterocycles. The first-order chi connectivity index (χ1) is 13.1. The van der Waals surface area contributed by atoms with Crippen LogP contribution in [-0.4, -0.2) is 17.8 Å². The van der Waals surface area contributed by atoms with E-state index in [-0.39, 0.29) is 0 Å². The third-order valence-corrected chi connectivity index (χ3v) is 7.38. The average Bonchev–Trinajstić information content (AvgIpc) is 3.19. The molecule has 0 saturated heterocycles. The molecule has 1 aliphatic carbocycles. The van der Waals surface area contributed by atoms with Crippen LogP contribution in [0.4, 0.5) is 0 Å². The van der Waals surface area contributed by atoms with Crippen LogP contribution in [0.3, 0.4) is 0 Å². The monoisotopic (exact) mass is 381 g/mol. The van der Waals surface area contributed by atoms with Gasteiger partial charge in [-0.1, -0.05) is 86.6 Å². The Labute approximate surface area is 170 Å². The zero-order valence-corrected chi connectivity index (χ0v) is 18.1. The van der Waals surface area contributed by atoms with Crippen molar-refractivity contribution in [3.8, 4) is 0 Å². The Morgan fingerprint density at radius 1 is 1.00 bits per heavy atom.